The molecule has 3 heteroatoms. The Balaban J connectivity index is 2.14. The van der Waals surface area contributed by atoms with E-state index in [0.717, 1.165) is 4.90 Å². The van der Waals surface area contributed by atoms with Gasteiger partial charge in [-0.3, -0.25) is 0 Å². The second-order valence-electron chi connectivity index (χ2n) is 5.00. The van der Waals surface area contributed by atoms with Crippen molar-refractivity contribution in [1.29, 1.82) is 0 Å². The van der Waals surface area contributed by atoms with Gasteiger partial charge in [0.15, 0.2) is 15.5 Å². The molecule has 0 amide bonds. The Labute approximate surface area is 144 Å². The molecule has 0 unspecified atom stereocenters. The number of para-hydroxylation sites is 1. The highest BCUT2D eigenvalue weighted by Gasteiger charge is 2.32. The largest absolute Gasteiger partial charge is 0.418 e. The van der Waals surface area contributed by atoms with Crippen LogP contribution in [0.3, 0.4) is 0 Å². The molecule has 118 valence electrons. The number of ether oxygens (including phenoxy) is 1. The summed E-state index contributed by atoms with van der Waals surface area (Å²) in [7, 11) is -0.356. The molecular formula is C21H17O2S+. The summed E-state index contributed by atoms with van der Waals surface area (Å²) in [6.07, 6.45) is 1.18. The molecule has 3 aromatic carbocycles. The average Bonchev–Trinajstić information content (AvgIpc) is 2.65. The van der Waals surface area contributed by atoms with Crippen LogP contribution in [0.25, 0.3) is 0 Å². The Kier molecular flexibility index (Phi) is 5.14. The van der Waals surface area contributed by atoms with Gasteiger partial charge in [0.1, 0.15) is 10.9 Å². The SMILES string of the molecule is C=CC(=O)Oc1ccccc1[S+](c1ccccc1)c1ccccc1. The zero-order valence-electron chi connectivity index (χ0n) is 13.1. The van der Waals surface area contributed by atoms with E-state index in [9.17, 15) is 4.79 Å². The number of hydrogen-bond donors (Lipinski definition) is 0. The summed E-state index contributed by atoms with van der Waals surface area (Å²) in [5, 5.41) is 0. The maximum atomic E-state index is 11.7. The molecule has 0 aromatic heterocycles. The number of hydrogen-bond acceptors (Lipinski definition) is 2. The highest BCUT2D eigenvalue weighted by atomic mass is 32.2. The summed E-state index contributed by atoms with van der Waals surface area (Å²) >= 11 is 0. The van der Waals surface area contributed by atoms with E-state index < -0.39 is 5.97 Å². The molecular weight excluding hydrogens is 316 g/mol. The molecule has 0 radical (unpaired) electrons. The van der Waals surface area contributed by atoms with Crippen LogP contribution >= 0.6 is 0 Å². The number of benzene rings is 3. The summed E-state index contributed by atoms with van der Waals surface area (Å²) in [5.41, 5.74) is 0. The smallest absolute Gasteiger partial charge is 0.335 e. The number of rotatable bonds is 5. The normalized spacial score (nSPS) is 10.4. The molecule has 0 fully saturated rings. The molecule has 0 aliphatic carbocycles. The Morgan fingerprint density at radius 1 is 0.792 bits per heavy atom. The van der Waals surface area contributed by atoms with Gasteiger partial charge in [-0.15, -0.1) is 0 Å². The molecule has 0 N–H and O–H groups in total. The van der Waals surface area contributed by atoms with Crippen LogP contribution in [0, 0.1) is 0 Å². The van der Waals surface area contributed by atoms with E-state index in [2.05, 4.69) is 30.8 Å². The molecule has 0 aliphatic heterocycles. The number of carbonyl (C=O) groups is 1. The van der Waals surface area contributed by atoms with Crippen molar-refractivity contribution >= 4 is 16.9 Å². The van der Waals surface area contributed by atoms with Gasteiger partial charge in [0, 0.05) is 6.08 Å². The lowest BCUT2D eigenvalue weighted by Crippen LogP contribution is -2.10. The molecule has 0 spiro atoms. The molecule has 0 saturated carbocycles. The van der Waals surface area contributed by atoms with Gasteiger partial charge in [-0.1, -0.05) is 55.1 Å². The summed E-state index contributed by atoms with van der Waals surface area (Å²) in [5.74, 6) is 0.116. The Morgan fingerprint density at radius 3 is 1.83 bits per heavy atom. The predicted molar refractivity (Wildman–Crippen MR) is 97.3 cm³/mol. The average molecular weight is 333 g/mol. The summed E-state index contributed by atoms with van der Waals surface area (Å²) in [6.45, 7) is 3.48. The minimum absolute atomic E-state index is 0.356. The van der Waals surface area contributed by atoms with Crippen molar-refractivity contribution in [3.63, 3.8) is 0 Å². The Bertz CT molecular complexity index is 789. The van der Waals surface area contributed by atoms with Crippen molar-refractivity contribution in [3.05, 3.63) is 97.6 Å². The Morgan fingerprint density at radius 2 is 1.29 bits per heavy atom. The third kappa shape index (κ3) is 3.58. The maximum absolute atomic E-state index is 11.7. The van der Waals surface area contributed by atoms with Crippen LogP contribution in [-0.4, -0.2) is 5.97 Å². The van der Waals surface area contributed by atoms with E-state index in [1.807, 2.05) is 60.7 Å². The second-order valence-corrected chi connectivity index (χ2v) is 7.00. The molecule has 24 heavy (non-hydrogen) atoms. The van der Waals surface area contributed by atoms with Gasteiger partial charge < -0.3 is 4.74 Å². The standard InChI is InChI=1S/C21H17O2S/c1-2-21(22)23-19-15-9-10-16-20(19)24(17-11-5-3-6-12-17)18-13-7-4-8-14-18/h2-16H,1H2/q+1. The van der Waals surface area contributed by atoms with E-state index in [-0.39, 0.29) is 10.9 Å². The molecule has 0 bridgehead atoms. The molecule has 0 aliphatic rings. The van der Waals surface area contributed by atoms with Crippen molar-refractivity contribution in [1.82, 2.24) is 0 Å². The van der Waals surface area contributed by atoms with E-state index in [0.29, 0.717) is 5.75 Å². The first-order chi connectivity index (χ1) is 11.8. The maximum Gasteiger partial charge on any atom is 0.335 e. The van der Waals surface area contributed by atoms with Gasteiger partial charge in [0.2, 0.25) is 4.90 Å². The van der Waals surface area contributed by atoms with Crippen LogP contribution in [0.5, 0.6) is 5.75 Å². The fourth-order valence-electron chi connectivity index (χ4n) is 2.36. The van der Waals surface area contributed by atoms with E-state index in [1.165, 1.54) is 15.9 Å². The van der Waals surface area contributed by atoms with Crippen molar-refractivity contribution < 1.29 is 9.53 Å². The highest BCUT2D eigenvalue weighted by molar-refractivity contribution is 7.97. The van der Waals surface area contributed by atoms with E-state index in [4.69, 9.17) is 4.74 Å². The zero-order chi connectivity index (χ0) is 16.8. The first-order valence-corrected chi connectivity index (χ1v) is 8.80. The van der Waals surface area contributed by atoms with Gasteiger partial charge in [0.05, 0.1) is 0 Å². The van der Waals surface area contributed by atoms with E-state index in [1.54, 1.807) is 0 Å². The lowest BCUT2D eigenvalue weighted by atomic mass is 10.3. The molecule has 2 nitrogen and oxygen atoms in total. The fourth-order valence-corrected chi connectivity index (χ4v) is 4.52. The van der Waals surface area contributed by atoms with Crippen LogP contribution < -0.4 is 4.74 Å². The second kappa shape index (κ2) is 7.66. The van der Waals surface area contributed by atoms with E-state index >= 15 is 0 Å². The molecule has 0 atom stereocenters. The molecule has 3 aromatic rings. The topological polar surface area (TPSA) is 26.3 Å². The van der Waals surface area contributed by atoms with Crippen LogP contribution in [0.2, 0.25) is 0 Å². The Hall–Kier alpha value is -2.78. The minimum atomic E-state index is -0.452. The molecule has 0 saturated heterocycles. The van der Waals surface area contributed by atoms with Crippen molar-refractivity contribution in [2.75, 3.05) is 0 Å². The monoisotopic (exact) mass is 333 g/mol. The quantitative estimate of drug-likeness (QED) is 0.288. The van der Waals surface area contributed by atoms with Crippen molar-refractivity contribution in [2.45, 2.75) is 14.7 Å². The predicted octanol–water partition coefficient (Wildman–Crippen LogP) is 4.87. The third-order valence-corrected chi connectivity index (χ3v) is 5.67. The minimum Gasteiger partial charge on any atom is -0.418 e. The van der Waals surface area contributed by atoms with Gasteiger partial charge in [-0.25, -0.2) is 4.79 Å². The lowest BCUT2D eigenvalue weighted by Gasteiger charge is -2.11. The van der Waals surface area contributed by atoms with Gasteiger partial charge in [-0.05, 0) is 36.4 Å². The molecule has 3 rings (SSSR count). The number of carbonyl (C=O) groups excluding carboxylic acids is 1. The van der Waals surface area contributed by atoms with Gasteiger partial charge >= 0.3 is 5.97 Å². The zero-order valence-corrected chi connectivity index (χ0v) is 13.9. The molecule has 0 heterocycles. The van der Waals surface area contributed by atoms with Crippen LogP contribution in [0.1, 0.15) is 0 Å². The van der Waals surface area contributed by atoms with Gasteiger partial charge in [0.25, 0.3) is 0 Å². The highest BCUT2D eigenvalue weighted by Crippen LogP contribution is 2.36. The lowest BCUT2D eigenvalue weighted by molar-refractivity contribution is -0.129. The summed E-state index contributed by atoms with van der Waals surface area (Å²) in [6, 6.07) is 28.2. The first-order valence-electron chi connectivity index (χ1n) is 7.57. The third-order valence-electron chi connectivity index (χ3n) is 3.40. The van der Waals surface area contributed by atoms with Gasteiger partial charge in [-0.2, -0.15) is 0 Å². The summed E-state index contributed by atoms with van der Waals surface area (Å²) in [4.78, 5) is 15.0. The van der Waals surface area contributed by atoms with Crippen LogP contribution in [0.4, 0.5) is 0 Å². The fraction of sp³-hybridized carbons (Fsp3) is 0. The van der Waals surface area contributed by atoms with Crippen LogP contribution in [0.15, 0.2) is 112 Å². The summed E-state index contributed by atoms with van der Waals surface area (Å²) < 4.78 is 5.47. The van der Waals surface area contributed by atoms with Crippen molar-refractivity contribution in [3.8, 4) is 5.75 Å². The van der Waals surface area contributed by atoms with Crippen molar-refractivity contribution in [2.24, 2.45) is 0 Å². The first kappa shape index (κ1) is 16.1. The van der Waals surface area contributed by atoms with Crippen LogP contribution in [-0.2, 0) is 15.7 Å². The number of esters is 1.